The summed E-state index contributed by atoms with van der Waals surface area (Å²) in [5.41, 5.74) is 1.50. The molecule has 188 valence electrons. The Morgan fingerprint density at radius 1 is 1.24 bits per heavy atom. The highest BCUT2D eigenvalue weighted by Gasteiger charge is 2.51. The molecule has 0 saturated carbocycles. The number of methoxy groups -OCH3 is 2. The summed E-state index contributed by atoms with van der Waals surface area (Å²) >= 11 is 0. The number of benzene rings is 1. The fourth-order valence-corrected chi connectivity index (χ4v) is 4.61. The highest BCUT2D eigenvalue weighted by Crippen LogP contribution is 2.51. The highest BCUT2D eigenvalue weighted by atomic mass is 16.5. The third-order valence-corrected chi connectivity index (χ3v) is 6.18. The standard InChI is InChI=1S/C24H34N2O8/c1-4-5-19(29)26(7-9-32-2)17-12-16(24(31)25-6-8-27)20-15-10-14(13-28)11-18(33-3)22(15)34-23(20)21(17)30/h10-12,17,20-21,23,27-28,30H,4-9,13H2,1-3H3,(H,25,31)/t17-,20+,21+,23+/m1/s1. The van der Waals surface area contributed by atoms with Crippen LogP contribution in [-0.2, 0) is 20.9 Å². The van der Waals surface area contributed by atoms with Crippen LogP contribution in [0.5, 0.6) is 11.5 Å². The quantitative estimate of drug-likeness (QED) is 0.351. The van der Waals surface area contributed by atoms with Crippen molar-refractivity contribution in [2.75, 3.05) is 40.5 Å². The van der Waals surface area contributed by atoms with Gasteiger partial charge in [0.2, 0.25) is 11.8 Å². The predicted octanol–water partition coefficient (Wildman–Crippen LogP) is 0.0852. The summed E-state index contributed by atoms with van der Waals surface area (Å²) in [7, 11) is 3.00. The number of fused-ring (bicyclic) bond motifs is 3. The van der Waals surface area contributed by atoms with Crippen LogP contribution in [0.1, 0.15) is 36.8 Å². The molecule has 2 aliphatic rings. The number of aliphatic hydroxyl groups excluding tert-OH is 3. The first-order valence-corrected chi connectivity index (χ1v) is 11.5. The van der Waals surface area contributed by atoms with Crippen molar-refractivity contribution in [1.29, 1.82) is 0 Å². The van der Waals surface area contributed by atoms with Crippen molar-refractivity contribution in [2.45, 2.75) is 50.5 Å². The zero-order chi connectivity index (χ0) is 24.8. The Balaban J connectivity index is 2.11. The van der Waals surface area contributed by atoms with Crippen LogP contribution < -0.4 is 14.8 Å². The van der Waals surface area contributed by atoms with Gasteiger partial charge < -0.3 is 39.7 Å². The number of hydrogen-bond donors (Lipinski definition) is 4. The molecule has 10 heteroatoms. The van der Waals surface area contributed by atoms with E-state index in [4.69, 9.17) is 14.2 Å². The van der Waals surface area contributed by atoms with E-state index in [1.54, 1.807) is 18.2 Å². The molecule has 1 aromatic rings. The second-order valence-electron chi connectivity index (χ2n) is 8.35. The van der Waals surface area contributed by atoms with Gasteiger partial charge >= 0.3 is 0 Å². The van der Waals surface area contributed by atoms with Gasteiger partial charge in [-0.1, -0.05) is 6.92 Å². The Morgan fingerprint density at radius 3 is 2.62 bits per heavy atom. The van der Waals surface area contributed by atoms with Gasteiger partial charge in [-0.05, 0) is 30.2 Å². The average Bonchev–Trinajstić information content (AvgIpc) is 3.23. The van der Waals surface area contributed by atoms with Gasteiger partial charge in [-0.15, -0.1) is 0 Å². The molecule has 1 aromatic carbocycles. The number of nitrogens with one attached hydrogen (secondary N) is 1. The minimum atomic E-state index is -1.13. The molecule has 0 unspecified atom stereocenters. The van der Waals surface area contributed by atoms with Crippen molar-refractivity contribution < 1.29 is 39.1 Å². The van der Waals surface area contributed by atoms with E-state index in [2.05, 4.69) is 5.32 Å². The molecular weight excluding hydrogens is 444 g/mol. The van der Waals surface area contributed by atoms with Gasteiger partial charge in [-0.2, -0.15) is 0 Å². The molecule has 1 aliphatic heterocycles. The summed E-state index contributed by atoms with van der Waals surface area (Å²) in [4.78, 5) is 27.6. The Labute approximate surface area is 199 Å². The molecule has 34 heavy (non-hydrogen) atoms. The maximum Gasteiger partial charge on any atom is 0.247 e. The number of rotatable bonds is 11. The van der Waals surface area contributed by atoms with Gasteiger partial charge in [0.15, 0.2) is 11.5 Å². The van der Waals surface area contributed by atoms with Crippen molar-refractivity contribution in [1.82, 2.24) is 10.2 Å². The van der Waals surface area contributed by atoms with Crippen LogP contribution in [0.2, 0.25) is 0 Å². The molecular formula is C24H34N2O8. The summed E-state index contributed by atoms with van der Waals surface area (Å²) in [6, 6.07) is 2.56. The van der Waals surface area contributed by atoms with Crippen LogP contribution in [0.4, 0.5) is 0 Å². The Kier molecular flexibility index (Phi) is 8.90. The van der Waals surface area contributed by atoms with Gasteiger partial charge in [0, 0.05) is 37.8 Å². The third-order valence-electron chi connectivity index (χ3n) is 6.18. The fraction of sp³-hybridized carbons (Fsp3) is 0.583. The average molecular weight is 479 g/mol. The lowest BCUT2D eigenvalue weighted by Crippen LogP contribution is -2.56. The van der Waals surface area contributed by atoms with Crippen molar-refractivity contribution >= 4 is 11.8 Å². The zero-order valence-electron chi connectivity index (χ0n) is 19.8. The van der Waals surface area contributed by atoms with Crippen molar-refractivity contribution in [3.8, 4) is 11.5 Å². The molecule has 0 spiro atoms. The molecule has 4 N–H and O–H groups in total. The van der Waals surface area contributed by atoms with E-state index in [0.717, 1.165) is 0 Å². The van der Waals surface area contributed by atoms with Crippen molar-refractivity contribution in [2.24, 2.45) is 0 Å². The number of nitrogens with zero attached hydrogens (tertiary/aromatic N) is 1. The van der Waals surface area contributed by atoms with Crippen molar-refractivity contribution in [3.05, 3.63) is 34.9 Å². The molecule has 0 bridgehead atoms. The summed E-state index contributed by atoms with van der Waals surface area (Å²) in [6.07, 6.45) is 0.538. The molecule has 0 radical (unpaired) electrons. The molecule has 0 saturated heterocycles. The van der Waals surface area contributed by atoms with E-state index in [1.165, 1.54) is 19.1 Å². The number of ether oxygens (including phenoxy) is 3. The largest absolute Gasteiger partial charge is 0.493 e. The summed E-state index contributed by atoms with van der Waals surface area (Å²) in [5.74, 6) is -0.470. The summed E-state index contributed by atoms with van der Waals surface area (Å²) in [5, 5.41) is 33.0. The Morgan fingerprint density at radius 2 is 2.00 bits per heavy atom. The maximum atomic E-state index is 13.2. The van der Waals surface area contributed by atoms with Gasteiger partial charge in [-0.3, -0.25) is 9.59 Å². The van der Waals surface area contributed by atoms with E-state index in [9.17, 15) is 24.9 Å². The van der Waals surface area contributed by atoms with Crippen LogP contribution in [0.3, 0.4) is 0 Å². The molecule has 3 rings (SSSR count). The zero-order valence-corrected chi connectivity index (χ0v) is 19.8. The van der Waals surface area contributed by atoms with Gasteiger partial charge in [0.1, 0.15) is 12.2 Å². The van der Waals surface area contributed by atoms with Gasteiger partial charge in [0.05, 0.1) is 38.9 Å². The first-order chi connectivity index (χ1) is 16.4. The number of amides is 2. The third kappa shape index (κ3) is 5.05. The van der Waals surface area contributed by atoms with Crippen LogP contribution in [0, 0.1) is 0 Å². The second kappa shape index (κ2) is 11.7. The summed E-state index contributed by atoms with van der Waals surface area (Å²) in [6.45, 7) is 1.98. The SMILES string of the molecule is CCCC(=O)N(CCOC)[C@@H]1C=C(C(=O)NCCO)[C@@H]2c3cc(CO)cc(OC)c3O[C@@H]2[C@H]1O. The predicted molar refractivity (Wildman–Crippen MR) is 123 cm³/mol. The van der Waals surface area contributed by atoms with Gasteiger partial charge in [0.25, 0.3) is 0 Å². The fourth-order valence-electron chi connectivity index (χ4n) is 4.61. The van der Waals surface area contributed by atoms with Crippen LogP contribution in [0.15, 0.2) is 23.8 Å². The monoisotopic (exact) mass is 478 g/mol. The van der Waals surface area contributed by atoms with E-state index >= 15 is 0 Å². The number of aliphatic hydroxyl groups is 3. The van der Waals surface area contributed by atoms with E-state index in [0.29, 0.717) is 34.6 Å². The van der Waals surface area contributed by atoms with Crippen LogP contribution in [0.25, 0.3) is 0 Å². The molecule has 1 heterocycles. The number of hydrogen-bond acceptors (Lipinski definition) is 8. The molecule has 10 nitrogen and oxygen atoms in total. The number of carbonyl (C=O) groups excluding carboxylic acids is 2. The maximum absolute atomic E-state index is 13.2. The topological polar surface area (TPSA) is 138 Å². The van der Waals surface area contributed by atoms with E-state index in [-0.39, 0.29) is 45.2 Å². The molecule has 2 amide bonds. The minimum Gasteiger partial charge on any atom is -0.493 e. The molecule has 4 atom stereocenters. The lowest BCUT2D eigenvalue weighted by atomic mass is 9.77. The number of carbonyl (C=O) groups is 2. The molecule has 0 fully saturated rings. The lowest BCUT2D eigenvalue weighted by Gasteiger charge is -2.40. The smallest absolute Gasteiger partial charge is 0.247 e. The Hall–Kier alpha value is -2.66. The first-order valence-electron chi connectivity index (χ1n) is 11.5. The Bertz CT molecular complexity index is 918. The minimum absolute atomic E-state index is 0.0522. The van der Waals surface area contributed by atoms with Gasteiger partial charge in [-0.25, -0.2) is 0 Å². The molecule has 0 aromatic heterocycles. The van der Waals surface area contributed by atoms with Crippen LogP contribution >= 0.6 is 0 Å². The lowest BCUT2D eigenvalue weighted by molar-refractivity contribution is -0.138. The highest BCUT2D eigenvalue weighted by molar-refractivity contribution is 5.96. The first kappa shape index (κ1) is 26.0. The van der Waals surface area contributed by atoms with E-state index in [1.807, 2.05) is 6.92 Å². The van der Waals surface area contributed by atoms with Crippen LogP contribution in [-0.4, -0.2) is 90.8 Å². The second-order valence-corrected chi connectivity index (χ2v) is 8.35. The summed E-state index contributed by atoms with van der Waals surface area (Å²) < 4.78 is 16.8. The normalized spacial score (nSPS) is 22.8. The molecule has 1 aliphatic carbocycles. The van der Waals surface area contributed by atoms with E-state index < -0.39 is 30.1 Å². The van der Waals surface area contributed by atoms with Crippen molar-refractivity contribution in [3.63, 3.8) is 0 Å².